The minimum Gasteiger partial charge on any atom is -0.472 e. The van der Waals surface area contributed by atoms with Crippen molar-refractivity contribution in [1.82, 2.24) is 14.1 Å². The highest BCUT2D eigenvalue weighted by molar-refractivity contribution is 8.93. The van der Waals surface area contributed by atoms with Crippen molar-refractivity contribution in [1.29, 1.82) is 0 Å². The van der Waals surface area contributed by atoms with Crippen LogP contribution in [0.25, 0.3) is 0 Å². The van der Waals surface area contributed by atoms with E-state index >= 15 is 0 Å². The maximum absolute atomic E-state index is 9.95. The highest BCUT2D eigenvalue weighted by Crippen LogP contribution is 2.26. The zero-order valence-electron chi connectivity index (χ0n) is 13.2. The van der Waals surface area contributed by atoms with Crippen molar-refractivity contribution in [2.24, 2.45) is 0 Å². The first-order chi connectivity index (χ1) is 9.96. The van der Waals surface area contributed by atoms with Crippen LogP contribution in [0.1, 0.15) is 20.8 Å². The van der Waals surface area contributed by atoms with Gasteiger partial charge >= 0.3 is 0 Å². The monoisotopic (exact) mass is 396 g/mol. The van der Waals surface area contributed by atoms with Crippen LogP contribution in [0.5, 0.6) is 5.88 Å². The number of morpholine rings is 1. The van der Waals surface area contributed by atoms with Gasteiger partial charge in [-0.15, -0.1) is 21.4 Å². The summed E-state index contributed by atoms with van der Waals surface area (Å²) in [5.74, 6) is 1.25. The molecule has 22 heavy (non-hydrogen) atoms. The standard InChI is InChI=1S/C13H24N4O3S.BrH/c1-13(2,3)14-8-10(18)9-20-12-11(15-21-16-12)17-4-6-19-7-5-17;/h10,14,18H,4-9H2,1-3H3;1H. The molecule has 7 nitrogen and oxygen atoms in total. The number of β-amino-alcohol motifs (C(OH)–C–C–N with tert-alkyl or cyclic N) is 1. The summed E-state index contributed by atoms with van der Waals surface area (Å²) in [7, 11) is 0. The summed E-state index contributed by atoms with van der Waals surface area (Å²) in [5, 5.41) is 13.2. The molecule has 128 valence electrons. The molecule has 1 aliphatic heterocycles. The molecule has 0 bridgehead atoms. The SMILES string of the molecule is Br.CC(C)(C)NCC(O)COc1nsnc1N1CCOCC1. The molecule has 9 heteroatoms. The van der Waals surface area contributed by atoms with E-state index in [1.807, 2.05) is 0 Å². The summed E-state index contributed by atoms with van der Waals surface area (Å²) in [6.07, 6.45) is -0.580. The fraction of sp³-hybridized carbons (Fsp3) is 0.846. The minimum atomic E-state index is -0.580. The Morgan fingerprint density at radius 1 is 1.36 bits per heavy atom. The van der Waals surface area contributed by atoms with Gasteiger partial charge in [0.1, 0.15) is 12.7 Å². The van der Waals surface area contributed by atoms with Gasteiger partial charge in [-0.05, 0) is 20.8 Å². The first-order valence-electron chi connectivity index (χ1n) is 7.17. The number of halogens is 1. The zero-order valence-corrected chi connectivity index (χ0v) is 15.8. The summed E-state index contributed by atoms with van der Waals surface area (Å²) in [6.45, 7) is 9.81. The second-order valence-corrected chi connectivity index (χ2v) is 6.62. The number of aliphatic hydroxyl groups is 1. The van der Waals surface area contributed by atoms with Crippen LogP contribution in [0, 0.1) is 0 Å². The molecule has 1 unspecified atom stereocenters. The molecule has 0 amide bonds. The summed E-state index contributed by atoms with van der Waals surface area (Å²) >= 11 is 1.12. The van der Waals surface area contributed by atoms with Crippen LogP contribution in [0.2, 0.25) is 0 Å². The lowest BCUT2D eigenvalue weighted by atomic mass is 10.1. The number of anilines is 1. The summed E-state index contributed by atoms with van der Waals surface area (Å²) in [5.41, 5.74) is -0.0257. The topological polar surface area (TPSA) is 79.7 Å². The van der Waals surface area contributed by atoms with Crippen molar-refractivity contribution in [2.45, 2.75) is 32.4 Å². The average Bonchev–Trinajstić information content (AvgIpc) is 2.91. The molecule has 0 aromatic carbocycles. The Bertz CT molecular complexity index is 435. The first kappa shape index (κ1) is 19.6. The van der Waals surface area contributed by atoms with Gasteiger partial charge in [0.15, 0.2) is 0 Å². The zero-order chi connectivity index (χ0) is 15.3. The predicted molar refractivity (Wildman–Crippen MR) is 92.5 cm³/mol. The van der Waals surface area contributed by atoms with Crippen molar-refractivity contribution < 1.29 is 14.6 Å². The summed E-state index contributed by atoms with van der Waals surface area (Å²) < 4.78 is 19.4. The van der Waals surface area contributed by atoms with Gasteiger partial charge in [0.05, 0.1) is 24.9 Å². The molecule has 1 fully saturated rings. The Morgan fingerprint density at radius 2 is 2.05 bits per heavy atom. The number of hydrogen-bond acceptors (Lipinski definition) is 8. The molecule has 1 aromatic rings. The largest absolute Gasteiger partial charge is 0.472 e. The molecule has 2 heterocycles. The normalized spacial score (nSPS) is 17.0. The number of rotatable bonds is 6. The third-order valence-corrected chi connectivity index (χ3v) is 3.54. The lowest BCUT2D eigenvalue weighted by Crippen LogP contribution is -2.42. The number of ether oxygens (including phenoxy) is 2. The molecule has 0 saturated carbocycles. The van der Waals surface area contributed by atoms with Gasteiger partial charge in [-0.2, -0.15) is 4.37 Å². The van der Waals surface area contributed by atoms with E-state index in [1.165, 1.54) is 0 Å². The van der Waals surface area contributed by atoms with Crippen molar-refractivity contribution >= 4 is 34.5 Å². The quantitative estimate of drug-likeness (QED) is 0.744. The number of aliphatic hydroxyl groups excluding tert-OH is 1. The number of nitrogens with zero attached hydrogens (tertiary/aromatic N) is 3. The first-order valence-corrected chi connectivity index (χ1v) is 7.90. The fourth-order valence-electron chi connectivity index (χ4n) is 1.89. The maximum atomic E-state index is 9.95. The van der Waals surface area contributed by atoms with Gasteiger partial charge in [-0.3, -0.25) is 0 Å². The molecule has 0 aliphatic carbocycles. The Hall–Kier alpha value is -0.480. The van der Waals surface area contributed by atoms with Crippen molar-refractivity contribution in [2.75, 3.05) is 44.4 Å². The van der Waals surface area contributed by atoms with Crippen LogP contribution in [0.15, 0.2) is 0 Å². The molecular formula is C13H25BrN4O3S. The molecule has 0 spiro atoms. The number of aromatic nitrogens is 2. The Kier molecular flexibility index (Phi) is 7.98. The van der Waals surface area contributed by atoms with Crippen LogP contribution in [-0.4, -0.2) is 65.0 Å². The van der Waals surface area contributed by atoms with Crippen LogP contribution in [-0.2, 0) is 4.74 Å². The van der Waals surface area contributed by atoms with Gasteiger partial charge < -0.3 is 24.8 Å². The van der Waals surface area contributed by atoms with Crippen molar-refractivity contribution in [3.05, 3.63) is 0 Å². The maximum Gasteiger partial charge on any atom is 0.270 e. The molecule has 2 N–H and O–H groups in total. The van der Waals surface area contributed by atoms with E-state index in [4.69, 9.17) is 9.47 Å². The van der Waals surface area contributed by atoms with Crippen LogP contribution in [0.3, 0.4) is 0 Å². The van der Waals surface area contributed by atoms with Gasteiger partial charge in [0.2, 0.25) is 5.82 Å². The highest BCUT2D eigenvalue weighted by atomic mass is 79.9. The third-order valence-electron chi connectivity index (χ3n) is 3.03. The smallest absolute Gasteiger partial charge is 0.270 e. The van der Waals surface area contributed by atoms with E-state index in [1.54, 1.807) is 0 Å². The van der Waals surface area contributed by atoms with E-state index in [0.29, 0.717) is 25.6 Å². The van der Waals surface area contributed by atoms with E-state index < -0.39 is 6.10 Å². The van der Waals surface area contributed by atoms with Gasteiger partial charge in [-0.25, -0.2) is 0 Å². The predicted octanol–water partition coefficient (Wildman–Crippen LogP) is 1.08. The van der Waals surface area contributed by atoms with E-state index in [2.05, 4.69) is 39.7 Å². The second-order valence-electron chi connectivity index (χ2n) is 6.09. The third kappa shape index (κ3) is 6.33. The van der Waals surface area contributed by atoms with E-state index in [0.717, 1.165) is 30.6 Å². The second kappa shape index (κ2) is 8.97. The van der Waals surface area contributed by atoms with Gasteiger partial charge in [-0.1, -0.05) is 0 Å². The molecule has 1 aliphatic rings. The molecule has 1 saturated heterocycles. The van der Waals surface area contributed by atoms with E-state index in [9.17, 15) is 5.11 Å². The van der Waals surface area contributed by atoms with Crippen molar-refractivity contribution in [3.63, 3.8) is 0 Å². The van der Waals surface area contributed by atoms with Crippen LogP contribution >= 0.6 is 28.7 Å². The highest BCUT2D eigenvalue weighted by Gasteiger charge is 2.21. The van der Waals surface area contributed by atoms with Gasteiger partial charge in [0, 0.05) is 25.2 Å². The van der Waals surface area contributed by atoms with Crippen LogP contribution in [0.4, 0.5) is 5.82 Å². The lowest BCUT2D eigenvalue weighted by molar-refractivity contribution is 0.0975. The van der Waals surface area contributed by atoms with Gasteiger partial charge in [0.25, 0.3) is 5.88 Å². The molecule has 1 aromatic heterocycles. The molecule has 2 rings (SSSR count). The molecule has 0 radical (unpaired) electrons. The minimum absolute atomic E-state index is 0. The Labute approximate surface area is 146 Å². The number of hydrogen-bond donors (Lipinski definition) is 2. The summed E-state index contributed by atoms with van der Waals surface area (Å²) in [4.78, 5) is 2.10. The lowest BCUT2D eigenvalue weighted by Gasteiger charge is -2.27. The summed E-state index contributed by atoms with van der Waals surface area (Å²) in [6, 6.07) is 0. The Balaban J connectivity index is 0.00000242. The fourth-order valence-corrected chi connectivity index (χ4v) is 2.41. The van der Waals surface area contributed by atoms with Crippen LogP contribution < -0.4 is 15.0 Å². The Morgan fingerprint density at radius 3 is 2.68 bits per heavy atom. The van der Waals surface area contributed by atoms with E-state index in [-0.39, 0.29) is 29.1 Å². The number of nitrogens with one attached hydrogen (secondary N) is 1. The molecular weight excluding hydrogens is 372 g/mol. The van der Waals surface area contributed by atoms with Crippen molar-refractivity contribution in [3.8, 4) is 5.88 Å². The molecule has 1 atom stereocenters. The average molecular weight is 397 g/mol.